The lowest BCUT2D eigenvalue weighted by Crippen LogP contribution is -2.37. The molecule has 0 saturated heterocycles. The molecule has 2 aromatic carbocycles. The van der Waals surface area contributed by atoms with Crippen LogP contribution in [-0.4, -0.2) is 26.1 Å². The molecule has 0 saturated carbocycles. The maximum absolute atomic E-state index is 12.7. The van der Waals surface area contributed by atoms with Crippen LogP contribution in [0, 0.1) is 0 Å². The van der Waals surface area contributed by atoms with Crippen molar-refractivity contribution in [3.05, 3.63) is 47.5 Å². The predicted molar refractivity (Wildman–Crippen MR) is 102 cm³/mol. The van der Waals surface area contributed by atoms with Crippen molar-refractivity contribution in [3.63, 3.8) is 0 Å². The Labute approximate surface area is 156 Å². The lowest BCUT2D eigenvalue weighted by Gasteiger charge is -2.32. The first kappa shape index (κ1) is 18.1. The summed E-state index contributed by atoms with van der Waals surface area (Å²) < 4.78 is 27.9. The van der Waals surface area contributed by atoms with Crippen LogP contribution >= 0.6 is 23.4 Å². The van der Waals surface area contributed by atoms with Crippen molar-refractivity contribution in [1.82, 2.24) is 0 Å². The number of fused-ring (bicyclic) bond motifs is 1. The summed E-state index contributed by atoms with van der Waals surface area (Å²) in [6.45, 7) is 4.07. The Morgan fingerprint density at radius 3 is 2.72 bits per heavy atom. The van der Waals surface area contributed by atoms with Crippen molar-refractivity contribution < 1.29 is 13.2 Å². The molecular formula is C17H17ClN2O3S2. The van der Waals surface area contributed by atoms with Gasteiger partial charge in [0.1, 0.15) is 0 Å². The highest BCUT2D eigenvalue weighted by molar-refractivity contribution is 8.00. The third kappa shape index (κ3) is 3.94. The van der Waals surface area contributed by atoms with Crippen molar-refractivity contribution in [1.29, 1.82) is 0 Å². The molecule has 2 aromatic rings. The zero-order valence-corrected chi connectivity index (χ0v) is 16.1. The van der Waals surface area contributed by atoms with Gasteiger partial charge in [-0.3, -0.25) is 9.52 Å². The summed E-state index contributed by atoms with van der Waals surface area (Å²) in [5, 5.41) is 0.697. The number of nitrogens with one attached hydrogen (secondary N) is 1. The highest BCUT2D eigenvalue weighted by Gasteiger charge is 2.27. The smallest absolute Gasteiger partial charge is 0.261 e. The molecule has 1 aliphatic heterocycles. The van der Waals surface area contributed by atoms with E-state index in [1.54, 1.807) is 53.1 Å². The van der Waals surface area contributed by atoms with Crippen LogP contribution in [0.4, 0.5) is 11.4 Å². The number of benzene rings is 2. The quantitative estimate of drug-likeness (QED) is 0.851. The second-order valence-corrected chi connectivity index (χ2v) is 9.40. The van der Waals surface area contributed by atoms with E-state index < -0.39 is 10.0 Å². The first-order valence-corrected chi connectivity index (χ1v) is 10.4. The van der Waals surface area contributed by atoms with Gasteiger partial charge >= 0.3 is 0 Å². The predicted octanol–water partition coefficient (Wildman–Crippen LogP) is 3.99. The van der Waals surface area contributed by atoms with Crippen molar-refractivity contribution >= 4 is 50.7 Å². The molecule has 8 heteroatoms. The van der Waals surface area contributed by atoms with Crippen LogP contribution in [0.1, 0.15) is 13.8 Å². The molecule has 0 spiro atoms. The number of thioether (sulfide) groups is 1. The Hall–Kier alpha value is -1.70. The number of halogens is 1. The van der Waals surface area contributed by atoms with Gasteiger partial charge in [-0.15, -0.1) is 11.8 Å². The SMILES string of the molecule is CC(=O)N1C[C@@H](C)Sc2ccc(S(=O)(=O)Nc3cccc(Cl)c3)cc21. The summed E-state index contributed by atoms with van der Waals surface area (Å²) >= 11 is 7.53. The van der Waals surface area contributed by atoms with E-state index >= 15 is 0 Å². The van der Waals surface area contributed by atoms with E-state index in [9.17, 15) is 13.2 Å². The lowest BCUT2D eigenvalue weighted by atomic mass is 10.2. The van der Waals surface area contributed by atoms with E-state index in [-0.39, 0.29) is 16.1 Å². The summed E-state index contributed by atoms with van der Waals surface area (Å²) in [5.74, 6) is -0.106. The van der Waals surface area contributed by atoms with Crippen molar-refractivity contribution in [2.24, 2.45) is 0 Å². The Kier molecular flexibility index (Phi) is 4.99. The minimum absolute atomic E-state index is 0.104. The topological polar surface area (TPSA) is 66.5 Å². The molecule has 5 nitrogen and oxygen atoms in total. The van der Waals surface area contributed by atoms with Gasteiger partial charge < -0.3 is 4.90 Å². The highest BCUT2D eigenvalue weighted by atomic mass is 35.5. The number of rotatable bonds is 3. The minimum atomic E-state index is -3.78. The zero-order chi connectivity index (χ0) is 18.2. The van der Waals surface area contributed by atoms with E-state index in [4.69, 9.17) is 11.6 Å². The van der Waals surface area contributed by atoms with E-state index in [1.165, 1.54) is 13.0 Å². The summed E-state index contributed by atoms with van der Waals surface area (Å²) in [7, 11) is -3.78. The molecule has 0 radical (unpaired) electrons. The fourth-order valence-electron chi connectivity index (χ4n) is 2.65. The molecular weight excluding hydrogens is 380 g/mol. The minimum Gasteiger partial charge on any atom is -0.310 e. The number of carbonyl (C=O) groups is 1. The van der Waals surface area contributed by atoms with Crippen LogP contribution in [0.3, 0.4) is 0 Å². The van der Waals surface area contributed by atoms with Crippen molar-refractivity contribution in [2.75, 3.05) is 16.2 Å². The van der Waals surface area contributed by atoms with E-state index in [0.717, 1.165) is 4.90 Å². The average Bonchev–Trinajstić information content (AvgIpc) is 2.53. The molecule has 1 amide bonds. The largest absolute Gasteiger partial charge is 0.310 e. The van der Waals surface area contributed by atoms with Crippen LogP contribution in [0.2, 0.25) is 5.02 Å². The van der Waals surface area contributed by atoms with Crippen LogP contribution < -0.4 is 9.62 Å². The number of nitrogens with zero attached hydrogens (tertiary/aromatic N) is 1. The van der Waals surface area contributed by atoms with Gasteiger partial charge in [0.15, 0.2) is 0 Å². The maximum Gasteiger partial charge on any atom is 0.261 e. The summed E-state index contributed by atoms with van der Waals surface area (Å²) in [6, 6.07) is 11.3. The van der Waals surface area contributed by atoms with Gasteiger partial charge in [0.2, 0.25) is 5.91 Å². The molecule has 1 heterocycles. The molecule has 1 atom stereocenters. The van der Waals surface area contributed by atoms with Gasteiger partial charge in [-0.25, -0.2) is 8.42 Å². The Balaban J connectivity index is 1.98. The third-order valence-electron chi connectivity index (χ3n) is 3.76. The summed E-state index contributed by atoms with van der Waals surface area (Å²) in [5.41, 5.74) is 1.02. The van der Waals surface area contributed by atoms with Gasteiger partial charge in [0.25, 0.3) is 10.0 Å². The van der Waals surface area contributed by atoms with Gasteiger partial charge in [-0.1, -0.05) is 24.6 Å². The fourth-order valence-corrected chi connectivity index (χ4v) is 5.00. The standard InChI is InChI=1S/C17H17ClN2O3S2/c1-11-10-20(12(2)21)16-9-15(6-7-17(16)24-11)25(22,23)19-14-5-3-4-13(18)8-14/h3-9,11,19H,10H2,1-2H3/t11-/m1/s1. The van der Waals surface area contributed by atoms with Gasteiger partial charge in [-0.05, 0) is 36.4 Å². The first-order valence-electron chi connectivity index (χ1n) is 7.63. The summed E-state index contributed by atoms with van der Waals surface area (Å²) in [6.07, 6.45) is 0. The normalized spacial score (nSPS) is 17.1. The third-order valence-corrected chi connectivity index (χ3v) is 6.52. The molecule has 0 aromatic heterocycles. The molecule has 0 unspecified atom stereocenters. The summed E-state index contributed by atoms with van der Waals surface area (Å²) in [4.78, 5) is 14.6. The number of sulfonamides is 1. The highest BCUT2D eigenvalue weighted by Crippen LogP contribution is 2.39. The monoisotopic (exact) mass is 396 g/mol. The average molecular weight is 397 g/mol. The molecule has 0 aliphatic carbocycles. The number of anilines is 2. The Morgan fingerprint density at radius 1 is 1.28 bits per heavy atom. The molecule has 0 fully saturated rings. The second-order valence-electron chi connectivity index (χ2n) is 5.80. The number of carbonyl (C=O) groups excluding carboxylic acids is 1. The van der Waals surface area contributed by atoms with Gasteiger partial charge in [-0.2, -0.15) is 0 Å². The van der Waals surface area contributed by atoms with E-state index in [2.05, 4.69) is 4.72 Å². The Morgan fingerprint density at radius 2 is 2.04 bits per heavy atom. The molecule has 25 heavy (non-hydrogen) atoms. The van der Waals surface area contributed by atoms with Crippen LogP contribution in [0.15, 0.2) is 52.3 Å². The zero-order valence-electron chi connectivity index (χ0n) is 13.7. The molecule has 1 aliphatic rings. The first-order chi connectivity index (χ1) is 11.8. The van der Waals surface area contributed by atoms with Gasteiger partial charge in [0.05, 0.1) is 16.3 Å². The van der Waals surface area contributed by atoms with Crippen LogP contribution in [-0.2, 0) is 14.8 Å². The van der Waals surface area contributed by atoms with Gasteiger partial charge in [0, 0.05) is 28.6 Å². The fraction of sp³-hybridized carbons (Fsp3) is 0.235. The molecule has 3 rings (SSSR count). The number of hydrogen-bond acceptors (Lipinski definition) is 4. The molecule has 0 bridgehead atoms. The van der Waals surface area contributed by atoms with E-state index in [1.807, 2.05) is 6.92 Å². The molecule has 1 N–H and O–H groups in total. The lowest BCUT2D eigenvalue weighted by molar-refractivity contribution is -0.116. The number of hydrogen-bond donors (Lipinski definition) is 1. The number of amides is 1. The Bertz CT molecular complexity index is 931. The van der Waals surface area contributed by atoms with Crippen molar-refractivity contribution in [3.8, 4) is 0 Å². The van der Waals surface area contributed by atoms with Crippen LogP contribution in [0.5, 0.6) is 0 Å². The second kappa shape index (κ2) is 6.90. The van der Waals surface area contributed by atoms with Crippen molar-refractivity contribution in [2.45, 2.75) is 28.9 Å². The maximum atomic E-state index is 12.7. The molecule has 132 valence electrons. The van der Waals surface area contributed by atoms with E-state index in [0.29, 0.717) is 22.9 Å². The van der Waals surface area contributed by atoms with Crippen LogP contribution in [0.25, 0.3) is 0 Å².